The fourth-order valence-corrected chi connectivity index (χ4v) is 5.41. The van der Waals surface area contributed by atoms with Gasteiger partial charge in [-0.05, 0) is 54.2 Å². The second-order valence-electron chi connectivity index (χ2n) is 8.49. The Labute approximate surface area is 209 Å². The molecule has 1 fully saturated rings. The van der Waals surface area contributed by atoms with Crippen LogP contribution in [-0.2, 0) is 17.6 Å². The number of aliphatic hydroxyl groups excluding tert-OH is 1. The van der Waals surface area contributed by atoms with Crippen molar-refractivity contribution in [1.82, 2.24) is 14.9 Å². The molecule has 1 amide bonds. The van der Waals surface area contributed by atoms with Crippen molar-refractivity contribution in [3.05, 3.63) is 64.6 Å². The monoisotopic (exact) mass is 499 g/mol. The average molecular weight is 500 g/mol. The largest absolute Gasteiger partial charge is 0.495 e. The number of methoxy groups -OCH3 is 1. The van der Waals surface area contributed by atoms with Gasteiger partial charge in [-0.3, -0.25) is 4.79 Å². The number of hydrogen-bond acceptors (Lipinski definition) is 5. The molecule has 0 spiro atoms. The van der Waals surface area contributed by atoms with Crippen molar-refractivity contribution in [2.45, 2.75) is 32.2 Å². The van der Waals surface area contributed by atoms with Crippen molar-refractivity contribution < 1.29 is 14.6 Å². The first-order valence-electron chi connectivity index (χ1n) is 11.2. The highest BCUT2D eigenvalue weighted by Gasteiger charge is 2.34. The van der Waals surface area contributed by atoms with Crippen LogP contribution in [0.5, 0.6) is 5.75 Å². The molecule has 0 radical (unpaired) electrons. The van der Waals surface area contributed by atoms with Crippen LogP contribution >= 0.6 is 23.2 Å². The Balaban J connectivity index is 1.62. The lowest BCUT2D eigenvalue weighted by Gasteiger charge is -2.21. The average Bonchev–Trinajstić information content (AvgIpc) is 3.26. The van der Waals surface area contributed by atoms with E-state index in [0.29, 0.717) is 41.0 Å². The number of ether oxygens (including phenoxy) is 1. The highest BCUT2D eigenvalue weighted by molar-refractivity contribution is 6.40. The summed E-state index contributed by atoms with van der Waals surface area (Å²) in [5.41, 5.74) is 3.38. The zero-order chi connectivity index (χ0) is 24.4. The second-order valence-corrected chi connectivity index (χ2v) is 9.25. The third-order valence-corrected chi connectivity index (χ3v) is 7.21. The number of fused-ring (bicyclic) bond motifs is 1. The van der Waals surface area contributed by atoms with Gasteiger partial charge in [-0.25, -0.2) is 9.97 Å². The van der Waals surface area contributed by atoms with Crippen molar-refractivity contribution in [3.63, 3.8) is 0 Å². The van der Waals surface area contributed by atoms with Gasteiger partial charge >= 0.3 is 0 Å². The topological polar surface area (TPSA) is 75.6 Å². The van der Waals surface area contributed by atoms with Crippen molar-refractivity contribution in [2.24, 2.45) is 5.92 Å². The van der Waals surface area contributed by atoms with Gasteiger partial charge in [-0.1, -0.05) is 42.8 Å². The van der Waals surface area contributed by atoms with E-state index in [2.05, 4.69) is 11.6 Å². The van der Waals surface area contributed by atoms with Crippen molar-refractivity contribution in [2.75, 3.05) is 20.3 Å². The van der Waals surface area contributed by atoms with Gasteiger partial charge in [-0.15, -0.1) is 0 Å². The van der Waals surface area contributed by atoms with Crippen LogP contribution in [0.3, 0.4) is 0 Å². The molecule has 0 unspecified atom stereocenters. The molecule has 1 aliphatic heterocycles. The van der Waals surface area contributed by atoms with Crippen LogP contribution < -0.4 is 4.74 Å². The number of carbonyl (C=O) groups excluding carboxylic acids is 1. The molecular formula is C26H27Cl2N3O3. The summed E-state index contributed by atoms with van der Waals surface area (Å²) >= 11 is 13.3. The van der Waals surface area contributed by atoms with Crippen LogP contribution in [0.15, 0.2) is 43.1 Å². The van der Waals surface area contributed by atoms with Crippen LogP contribution in [0.1, 0.15) is 24.7 Å². The third kappa shape index (κ3) is 4.63. The molecule has 1 saturated heterocycles. The highest BCUT2D eigenvalue weighted by atomic mass is 35.5. The summed E-state index contributed by atoms with van der Waals surface area (Å²) in [5.74, 6) is 1.32. The molecule has 0 bridgehead atoms. The van der Waals surface area contributed by atoms with Crippen LogP contribution in [0, 0.1) is 5.92 Å². The first kappa shape index (κ1) is 24.5. The molecule has 4 rings (SSSR count). The maximum Gasteiger partial charge on any atom is 0.246 e. The quantitative estimate of drug-likeness (QED) is 0.457. The van der Waals surface area contributed by atoms with E-state index in [4.69, 9.17) is 32.9 Å². The molecule has 2 atom stereocenters. The first-order chi connectivity index (χ1) is 16.4. The molecule has 2 heterocycles. The number of halogens is 2. The van der Waals surface area contributed by atoms with Crippen molar-refractivity contribution in [3.8, 4) is 16.9 Å². The lowest BCUT2D eigenvalue weighted by atomic mass is 9.99. The number of amides is 1. The van der Waals surface area contributed by atoms with E-state index in [1.165, 1.54) is 6.08 Å². The molecular weight excluding hydrogens is 473 g/mol. The van der Waals surface area contributed by atoms with E-state index in [-0.39, 0.29) is 24.5 Å². The van der Waals surface area contributed by atoms with Gasteiger partial charge in [0.2, 0.25) is 5.91 Å². The summed E-state index contributed by atoms with van der Waals surface area (Å²) in [5, 5.41) is 11.6. The molecule has 8 heteroatoms. The third-order valence-electron chi connectivity index (χ3n) is 6.40. The highest BCUT2D eigenvalue weighted by Crippen LogP contribution is 2.43. The molecule has 0 aliphatic carbocycles. The maximum atomic E-state index is 12.1. The van der Waals surface area contributed by atoms with Gasteiger partial charge in [0.15, 0.2) is 0 Å². The second kappa shape index (κ2) is 10.3. The molecule has 34 heavy (non-hydrogen) atoms. The lowest BCUT2D eigenvalue weighted by molar-refractivity contribution is -0.127. The molecule has 1 aromatic heterocycles. The molecule has 178 valence electrons. The molecule has 0 saturated carbocycles. The summed E-state index contributed by atoms with van der Waals surface area (Å²) in [6.07, 6.45) is 5.19. The number of likely N-dealkylation sites (tertiary alicyclic amines) is 1. The van der Waals surface area contributed by atoms with Crippen LogP contribution in [0.25, 0.3) is 22.0 Å². The van der Waals surface area contributed by atoms with Crippen molar-refractivity contribution >= 4 is 40.0 Å². The Morgan fingerprint density at radius 2 is 2.12 bits per heavy atom. The summed E-state index contributed by atoms with van der Waals surface area (Å²) in [7, 11) is 1.59. The summed E-state index contributed by atoms with van der Waals surface area (Å²) < 4.78 is 5.46. The molecule has 1 aliphatic rings. The number of benzene rings is 2. The normalized spacial score (nSPS) is 17.9. The number of aryl methyl sites for hydroxylation is 1. The Morgan fingerprint density at radius 3 is 2.79 bits per heavy atom. The minimum atomic E-state index is -0.191. The molecule has 3 aromatic rings. The van der Waals surface area contributed by atoms with E-state index in [9.17, 15) is 9.90 Å². The van der Waals surface area contributed by atoms with E-state index in [1.807, 2.05) is 31.2 Å². The maximum absolute atomic E-state index is 12.1. The van der Waals surface area contributed by atoms with E-state index in [1.54, 1.807) is 18.2 Å². The first-order valence-corrected chi connectivity index (χ1v) is 12.0. The smallest absolute Gasteiger partial charge is 0.246 e. The summed E-state index contributed by atoms with van der Waals surface area (Å²) in [4.78, 5) is 23.1. The predicted molar refractivity (Wildman–Crippen MR) is 136 cm³/mol. The standard InChI is InChI=1S/C26H27Cl2N3O3/c1-4-16-11-21(34-3)26(28)24(25(16)27)17-6-7-20-18(10-17)12-29-22(30-20)9-15-8-19(14-32)31(13-15)23(33)5-2/h5-7,10-12,15,19,32H,2,4,8-9,13-14H2,1,3H3/t15-,19-/m1/s1. The van der Waals surface area contributed by atoms with Gasteiger partial charge in [0.05, 0.1) is 35.3 Å². The van der Waals surface area contributed by atoms with E-state index >= 15 is 0 Å². The van der Waals surface area contributed by atoms with Gasteiger partial charge < -0.3 is 14.7 Å². The SMILES string of the molecule is C=CC(=O)N1C[C@@H](Cc2ncc3cc(-c4c(Cl)c(CC)cc(OC)c4Cl)ccc3n2)C[C@@H]1CO. The lowest BCUT2D eigenvalue weighted by Crippen LogP contribution is -2.36. The fraction of sp³-hybridized carbons (Fsp3) is 0.346. The van der Waals surface area contributed by atoms with Gasteiger partial charge in [0.1, 0.15) is 11.6 Å². The minimum Gasteiger partial charge on any atom is -0.495 e. The number of aliphatic hydroxyl groups is 1. The number of nitrogens with zero attached hydrogens (tertiary/aromatic N) is 3. The Bertz CT molecular complexity index is 1220. The Hall–Kier alpha value is -2.67. The fourth-order valence-electron chi connectivity index (χ4n) is 4.63. The minimum absolute atomic E-state index is 0.0629. The Kier molecular flexibility index (Phi) is 7.41. The van der Waals surface area contributed by atoms with Crippen LogP contribution in [0.2, 0.25) is 10.0 Å². The van der Waals surface area contributed by atoms with E-state index < -0.39 is 0 Å². The summed E-state index contributed by atoms with van der Waals surface area (Å²) in [6.45, 7) is 6.09. The summed E-state index contributed by atoms with van der Waals surface area (Å²) in [6, 6.07) is 7.55. The van der Waals surface area contributed by atoms with Gasteiger partial charge in [0.25, 0.3) is 0 Å². The number of rotatable bonds is 7. The molecule has 2 aromatic carbocycles. The van der Waals surface area contributed by atoms with Crippen LogP contribution in [-0.4, -0.2) is 52.2 Å². The van der Waals surface area contributed by atoms with Crippen LogP contribution in [0.4, 0.5) is 0 Å². The Morgan fingerprint density at radius 1 is 1.32 bits per heavy atom. The zero-order valence-corrected chi connectivity index (χ0v) is 20.7. The predicted octanol–water partition coefficient (Wildman–Crippen LogP) is 5.11. The number of aromatic nitrogens is 2. The molecule has 1 N–H and O–H groups in total. The van der Waals surface area contributed by atoms with Crippen molar-refractivity contribution in [1.29, 1.82) is 0 Å². The number of hydrogen-bond donors (Lipinski definition) is 1. The van der Waals surface area contributed by atoms with Gasteiger partial charge in [0, 0.05) is 30.1 Å². The zero-order valence-electron chi connectivity index (χ0n) is 19.2. The number of carbonyl (C=O) groups is 1. The van der Waals surface area contributed by atoms with Gasteiger partial charge in [-0.2, -0.15) is 0 Å². The van der Waals surface area contributed by atoms with E-state index in [0.717, 1.165) is 34.0 Å². The molecule has 6 nitrogen and oxygen atoms in total.